The number of hydrogen-bond acceptors (Lipinski definition) is 5. The number of carbonyl (C=O) groups excluding carboxylic acids is 1. The molecule has 1 unspecified atom stereocenters. The molecular weight excluding hydrogens is 384 g/mol. The number of carbonyl (C=O) groups is 1. The quantitative estimate of drug-likeness (QED) is 0.565. The number of fused-ring (bicyclic) bond motifs is 1. The molecule has 1 atom stereocenters. The zero-order valence-electron chi connectivity index (χ0n) is 16.8. The molecule has 3 heterocycles. The summed E-state index contributed by atoms with van der Waals surface area (Å²) >= 11 is 1.49. The molecule has 1 saturated heterocycles. The molecule has 1 fully saturated rings. The van der Waals surface area contributed by atoms with Crippen LogP contribution in [0.2, 0.25) is 0 Å². The number of thioether (sulfide) groups is 1. The van der Waals surface area contributed by atoms with Gasteiger partial charge >= 0.3 is 0 Å². The second-order valence-electron chi connectivity index (χ2n) is 7.35. The van der Waals surface area contributed by atoms with Crippen molar-refractivity contribution >= 4 is 28.7 Å². The third kappa shape index (κ3) is 4.67. The first-order chi connectivity index (χ1) is 14.3. The highest BCUT2D eigenvalue weighted by Gasteiger charge is 2.25. The van der Waals surface area contributed by atoms with E-state index in [4.69, 9.17) is 4.42 Å². The molecule has 7 heteroatoms. The molecule has 6 nitrogen and oxygen atoms in total. The van der Waals surface area contributed by atoms with E-state index in [1.807, 2.05) is 30.3 Å². The monoisotopic (exact) mass is 412 g/mol. The molecule has 0 aliphatic carbocycles. The van der Waals surface area contributed by atoms with E-state index in [1.54, 1.807) is 6.26 Å². The molecular formula is C22H28N4O2S. The summed E-state index contributed by atoms with van der Waals surface area (Å²) in [5.41, 5.74) is 2.08. The lowest BCUT2D eigenvalue weighted by molar-refractivity contribution is -0.118. The molecule has 0 radical (unpaired) electrons. The van der Waals surface area contributed by atoms with Gasteiger partial charge in [-0.05, 0) is 57.1 Å². The van der Waals surface area contributed by atoms with Gasteiger partial charge in [0.05, 0.1) is 29.1 Å². The minimum absolute atomic E-state index is 0.0262. The second kappa shape index (κ2) is 9.50. The number of hydrogen-bond donors (Lipinski definition) is 1. The smallest absolute Gasteiger partial charge is 0.230 e. The first-order valence-electron chi connectivity index (χ1n) is 10.4. The van der Waals surface area contributed by atoms with Gasteiger partial charge in [0.15, 0.2) is 5.16 Å². The number of amides is 1. The van der Waals surface area contributed by atoms with Crippen LogP contribution in [0.1, 0.15) is 38.0 Å². The number of nitrogens with zero attached hydrogens (tertiary/aromatic N) is 3. The summed E-state index contributed by atoms with van der Waals surface area (Å²) in [5, 5.41) is 4.00. The predicted molar refractivity (Wildman–Crippen MR) is 116 cm³/mol. The fraction of sp³-hybridized carbons (Fsp3) is 0.455. The first-order valence-corrected chi connectivity index (χ1v) is 11.4. The van der Waals surface area contributed by atoms with Crippen LogP contribution in [-0.2, 0) is 11.3 Å². The Morgan fingerprint density at radius 2 is 2.03 bits per heavy atom. The van der Waals surface area contributed by atoms with Crippen LogP contribution in [-0.4, -0.2) is 45.7 Å². The summed E-state index contributed by atoms with van der Waals surface area (Å²) in [7, 11) is 0. The number of nitrogens with one attached hydrogen (secondary N) is 1. The topological polar surface area (TPSA) is 63.3 Å². The molecule has 0 saturated carbocycles. The normalized spacial score (nSPS) is 16.2. The van der Waals surface area contributed by atoms with Crippen molar-refractivity contribution in [3.05, 3.63) is 48.4 Å². The number of rotatable bonds is 8. The van der Waals surface area contributed by atoms with Crippen molar-refractivity contribution < 1.29 is 9.21 Å². The van der Waals surface area contributed by atoms with Crippen LogP contribution in [0.25, 0.3) is 11.0 Å². The van der Waals surface area contributed by atoms with Crippen molar-refractivity contribution in [3.8, 4) is 0 Å². The maximum atomic E-state index is 12.6. The van der Waals surface area contributed by atoms with Crippen LogP contribution in [0, 0.1) is 0 Å². The molecule has 4 rings (SSSR count). The Balaban J connectivity index is 1.36. The van der Waals surface area contributed by atoms with E-state index in [9.17, 15) is 4.79 Å². The van der Waals surface area contributed by atoms with Crippen LogP contribution in [0.4, 0.5) is 0 Å². The van der Waals surface area contributed by atoms with Crippen molar-refractivity contribution in [1.82, 2.24) is 19.8 Å². The lowest BCUT2D eigenvalue weighted by atomic mass is 10.1. The van der Waals surface area contributed by atoms with Crippen molar-refractivity contribution in [3.63, 3.8) is 0 Å². The highest BCUT2D eigenvalue weighted by molar-refractivity contribution is 7.99. The molecule has 1 aromatic carbocycles. The van der Waals surface area contributed by atoms with E-state index in [1.165, 1.54) is 31.0 Å². The van der Waals surface area contributed by atoms with Crippen LogP contribution < -0.4 is 5.32 Å². The van der Waals surface area contributed by atoms with Gasteiger partial charge in [-0.2, -0.15) is 0 Å². The first kappa shape index (κ1) is 20.0. The molecule has 154 valence electrons. The van der Waals surface area contributed by atoms with Gasteiger partial charge in [-0.15, -0.1) is 0 Å². The minimum Gasteiger partial charge on any atom is -0.468 e. The average Bonchev–Trinajstić information content (AvgIpc) is 3.41. The summed E-state index contributed by atoms with van der Waals surface area (Å²) in [6.07, 6.45) is 5.39. The molecule has 0 bridgehead atoms. The van der Waals surface area contributed by atoms with Gasteiger partial charge in [0.2, 0.25) is 5.91 Å². The Kier molecular flexibility index (Phi) is 6.56. The van der Waals surface area contributed by atoms with Crippen LogP contribution >= 0.6 is 11.8 Å². The van der Waals surface area contributed by atoms with E-state index in [-0.39, 0.29) is 11.9 Å². The number of para-hydroxylation sites is 2. The van der Waals surface area contributed by atoms with E-state index in [0.29, 0.717) is 12.3 Å². The third-order valence-electron chi connectivity index (χ3n) is 5.46. The number of aryl methyl sites for hydroxylation is 1. The number of likely N-dealkylation sites (tertiary alicyclic amines) is 1. The van der Waals surface area contributed by atoms with E-state index < -0.39 is 0 Å². The van der Waals surface area contributed by atoms with E-state index in [0.717, 1.165) is 41.6 Å². The van der Waals surface area contributed by atoms with Gasteiger partial charge < -0.3 is 14.3 Å². The van der Waals surface area contributed by atoms with Crippen molar-refractivity contribution in [2.24, 2.45) is 0 Å². The minimum atomic E-state index is 0.0262. The molecule has 29 heavy (non-hydrogen) atoms. The lowest BCUT2D eigenvalue weighted by Gasteiger charge is -2.33. The van der Waals surface area contributed by atoms with Crippen molar-refractivity contribution in [2.45, 2.75) is 43.9 Å². The Bertz CT molecular complexity index is 932. The number of piperidine rings is 1. The average molecular weight is 413 g/mol. The van der Waals surface area contributed by atoms with Crippen LogP contribution in [0.15, 0.2) is 52.2 Å². The predicted octanol–water partition coefficient (Wildman–Crippen LogP) is 4.08. The standard InChI is InChI=1S/C22H28N4O2S/c1-2-26-18-10-5-4-9-17(18)24-22(26)29-16-21(27)23-15-19(20-11-8-14-28-20)25-12-6-3-7-13-25/h4-5,8-11,14,19H,2-3,6-7,12-13,15-16H2,1H3,(H,23,27). The maximum Gasteiger partial charge on any atom is 0.230 e. The SMILES string of the molecule is CCn1c(SCC(=O)NCC(c2ccco2)N2CCCCC2)nc2ccccc21. The third-order valence-corrected chi connectivity index (χ3v) is 6.44. The van der Waals surface area contributed by atoms with E-state index in [2.05, 4.69) is 32.8 Å². The summed E-state index contributed by atoms with van der Waals surface area (Å²) in [4.78, 5) is 19.7. The highest BCUT2D eigenvalue weighted by Crippen LogP contribution is 2.26. The summed E-state index contributed by atoms with van der Waals surface area (Å²) < 4.78 is 7.82. The largest absolute Gasteiger partial charge is 0.468 e. The fourth-order valence-electron chi connectivity index (χ4n) is 3.98. The van der Waals surface area contributed by atoms with Gasteiger partial charge in [0.25, 0.3) is 0 Å². The Hall–Kier alpha value is -2.25. The van der Waals surface area contributed by atoms with E-state index >= 15 is 0 Å². The molecule has 1 aliphatic rings. The second-order valence-corrected chi connectivity index (χ2v) is 8.29. The molecule has 0 spiro atoms. The van der Waals surface area contributed by atoms with Crippen molar-refractivity contribution in [1.29, 1.82) is 0 Å². The molecule has 3 aromatic rings. The van der Waals surface area contributed by atoms with Gasteiger partial charge in [-0.1, -0.05) is 30.3 Å². The molecule has 1 N–H and O–H groups in total. The summed E-state index contributed by atoms with van der Waals surface area (Å²) in [5.74, 6) is 1.31. The Morgan fingerprint density at radius 3 is 2.79 bits per heavy atom. The van der Waals surface area contributed by atoms with Crippen molar-refractivity contribution in [2.75, 3.05) is 25.4 Å². The summed E-state index contributed by atoms with van der Waals surface area (Å²) in [6, 6.07) is 12.1. The maximum absolute atomic E-state index is 12.6. The number of benzene rings is 1. The highest BCUT2D eigenvalue weighted by atomic mass is 32.2. The number of imidazole rings is 1. The van der Waals surface area contributed by atoms with Gasteiger partial charge in [0.1, 0.15) is 5.76 Å². The zero-order chi connectivity index (χ0) is 20.1. The fourth-order valence-corrected chi connectivity index (χ4v) is 4.89. The molecule has 1 amide bonds. The van der Waals surface area contributed by atoms with Gasteiger partial charge in [-0.3, -0.25) is 9.69 Å². The lowest BCUT2D eigenvalue weighted by Crippen LogP contribution is -2.40. The van der Waals surface area contributed by atoms with Gasteiger partial charge in [-0.25, -0.2) is 4.98 Å². The summed E-state index contributed by atoms with van der Waals surface area (Å²) in [6.45, 7) is 5.61. The molecule has 2 aromatic heterocycles. The van der Waals surface area contributed by atoms with Gasteiger partial charge in [0, 0.05) is 13.1 Å². The Labute approximate surface area is 175 Å². The zero-order valence-corrected chi connectivity index (χ0v) is 17.7. The molecule has 1 aliphatic heterocycles. The Morgan fingerprint density at radius 1 is 1.21 bits per heavy atom. The number of aromatic nitrogens is 2. The van der Waals surface area contributed by atoms with Crippen LogP contribution in [0.5, 0.6) is 0 Å². The van der Waals surface area contributed by atoms with Crippen LogP contribution in [0.3, 0.4) is 0 Å². The number of furan rings is 1.